The molecule has 316 valence electrons. The molecule has 3 aliphatic rings. The molecule has 61 heavy (non-hydrogen) atoms. The molecule has 0 radical (unpaired) electrons. The Hall–Kier alpha value is -4.21. The standard InChI is InChI=1S/C22H23N3O2.C21H21N3O2.C4H8O.CH3I.Na.H/c1-25(17-10-6-7-11-17)21-20(15-8-4-3-5-9-15)23-18-13-12-16(22(26)27-2)14-19(18)24-21;1-26-21(25)15-11-12-17-18(13-15)24-20(22-16-9-5-6-10-16)19(23-17)14-7-3-2-4-8-14;1-2-4-5-3-1;1-2;;/h3-5,8-9,12-14,17H,6-7,10-11H2,1-2H3;2-4,7-8,11-13,16H,5-6,9-10H2,1H3,(H,22,24);1-4H2;1H3;;/q;;;;+1;-1. The van der Waals surface area contributed by atoms with Crippen LogP contribution in [0, 0.1) is 0 Å². The molecule has 11 nitrogen and oxygen atoms in total. The Morgan fingerprint density at radius 3 is 1.61 bits per heavy atom. The molecule has 1 saturated heterocycles. The van der Waals surface area contributed by atoms with Crippen molar-refractivity contribution in [2.75, 3.05) is 49.6 Å². The Balaban J connectivity index is 0.000000230. The number of alkyl halides is 1. The third-order valence-corrected chi connectivity index (χ3v) is 11.0. The smallest absolute Gasteiger partial charge is 1.00 e. The fraction of sp³-hybridized carbons (Fsp3) is 0.375. The summed E-state index contributed by atoms with van der Waals surface area (Å²) in [5, 5.41) is 3.57. The number of hydrogen-bond donors (Lipinski definition) is 1. The molecule has 0 unspecified atom stereocenters. The van der Waals surface area contributed by atoms with Gasteiger partial charge in [-0.1, -0.05) is 109 Å². The van der Waals surface area contributed by atoms with Crippen LogP contribution in [0.2, 0.25) is 0 Å². The number of hydrogen-bond acceptors (Lipinski definition) is 11. The normalized spacial score (nSPS) is 14.6. The van der Waals surface area contributed by atoms with E-state index in [4.69, 9.17) is 34.1 Å². The molecule has 3 fully saturated rings. The van der Waals surface area contributed by atoms with E-state index >= 15 is 0 Å². The Kier molecular flexibility index (Phi) is 19.2. The second-order valence-corrected chi connectivity index (χ2v) is 14.9. The van der Waals surface area contributed by atoms with Crippen LogP contribution < -0.4 is 39.8 Å². The van der Waals surface area contributed by atoms with Crippen LogP contribution >= 0.6 is 22.6 Å². The van der Waals surface area contributed by atoms with E-state index in [1.807, 2.05) is 65.6 Å². The van der Waals surface area contributed by atoms with Crippen molar-refractivity contribution < 1.29 is 54.8 Å². The second kappa shape index (κ2) is 24.4. The zero-order chi connectivity index (χ0) is 42.3. The van der Waals surface area contributed by atoms with Crippen molar-refractivity contribution >= 4 is 68.2 Å². The van der Waals surface area contributed by atoms with Gasteiger partial charge in [-0.05, 0) is 79.9 Å². The van der Waals surface area contributed by atoms with Gasteiger partial charge in [-0.15, -0.1) is 0 Å². The molecule has 9 rings (SSSR count). The van der Waals surface area contributed by atoms with Gasteiger partial charge in [0, 0.05) is 43.5 Å². The summed E-state index contributed by atoms with van der Waals surface area (Å²) in [6.45, 7) is 2.00. The summed E-state index contributed by atoms with van der Waals surface area (Å²) in [5.41, 5.74) is 7.68. The van der Waals surface area contributed by atoms with Crippen LogP contribution in [0.4, 0.5) is 11.6 Å². The van der Waals surface area contributed by atoms with Crippen molar-refractivity contribution in [3.8, 4) is 22.5 Å². The average molecular weight is 947 g/mol. The topological polar surface area (TPSA) is 129 Å². The van der Waals surface area contributed by atoms with E-state index in [9.17, 15) is 9.59 Å². The van der Waals surface area contributed by atoms with E-state index in [0.29, 0.717) is 34.2 Å². The minimum absolute atomic E-state index is 0. The van der Waals surface area contributed by atoms with E-state index in [-0.39, 0.29) is 42.9 Å². The molecule has 0 bridgehead atoms. The number of carbonyl (C=O) groups is 2. The third-order valence-electron chi connectivity index (χ3n) is 11.0. The fourth-order valence-corrected chi connectivity index (χ4v) is 7.76. The SMILES string of the molecule is C1CCOC1.CI.COC(=O)c1ccc2nc(-c3ccccc3)c(N(C)C3CCCC3)nc2c1.COC(=O)c1ccc2nc(-c3ccccc3)c(NC3CCCC3)nc2c1.[H-].[Na+]. The van der Waals surface area contributed by atoms with Gasteiger partial charge >= 0.3 is 41.5 Å². The Morgan fingerprint density at radius 1 is 0.639 bits per heavy atom. The molecule has 2 saturated carbocycles. The van der Waals surface area contributed by atoms with Gasteiger partial charge in [0.25, 0.3) is 0 Å². The summed E-state index contributed by atoms with van der Waals surface area (Å²) >= 11 is 2.15. The number of nitrogens with zero attached hydrogens (tertiary/aromatic N) is 5. The largest absolute Gasteiger partial charge is 1.00 e. The molecule has 4 aromatic carbocycles. The first-order valence-corrected chi connectivity index (χ1v) is 22.9. The zero-order valence-electron chi connectivity index (χ0n) is 37.0. The maximum absolute atomic E-state index is 11.9. The summed E-state index contributed by atoms with van der Waals surface area (Å²) in [7, 11) is 4.86. The monoisotopic (exact) mass is 946 g/mol. The molecule has 13 heteroatoms. The van der Waals surface area contributed by atoms with Gasteiger partial charge in [0.05, 0.1) is 47.4 Å². The average Bonchev–Trinajstić information content (AvgIpc) is 4.16. The second-order valence-electron chi connectivity index (χ2n) is 14.9. The molecular weight excluding hydrogens is 890 g/mol. The van der Waals surface area contributed by atoms with Gasteiger partial charge < -0.3 is 25.9 Å². The Labute approximate surface area is 396 Å². The summed E-state index contributed by atoms with van der Waals surface area (Å²) in [6, 6.07) is 31.7. The molecule has 2 aromatic heterocycles. The van der Waals surface area contributed by atoms with Crippen LogP contribution in [0.15, 0.2) is 97.1 Å². The number of fused-ring (bicyclic) bond motifs is 2. The molecule has 0 atom stereocenters. The van der Waals surface area contributed by atoms with Crippen molar-refractivity contribution in [2.45, 2.75) is 76.3 Å². The van der Waals surface area contributed by atoms with E-state index in [2.05, 4.69) is 52.0 Å². The number of ether oxygens (including phenoxy) is 3. The van der Waals surface area contributed by atoms with Gasteiger partial charge in [0.15, 0.2) is 11.6 Å². The number of halogens is 1. The molecule has 0 spiro atoms. The minimum atomic E-state index is -0.369. The summed E-state index contributed by atoms with van der Waals surface area (Å²) in [4.78, 5) is 47.4. The van der Waals surface area contributed by atoms with Crippen LogP contribution in [0.3, 0.4) is 0 Å². The molecule has 6 aromatic rings. The minimum Gasteiger partial charge on any atom is -1.00 e. The number of benzene rings is 4. The zero-order valence-corrected chi connectivity index (χ0v) is 40.2. The van der Waals surface area contributed by atoms with Crippen molar-refractivity contribution in [1.29, 1.82) is 0 Å². The van der Waals surface area contributed by atoms with E-state index < -0.39 is 0 Å². The van der Waals surface area contributed by atoms with Gasteiger partial charge in [0.2, 0.25) is 0 Å². The van der Waals surface area contributed by atoms with Crippen LogP contribution in [-0.2, 0) is 14.2 Å². The van der Waals surface area contributed by atoms with Gasteiger partial charge in [0.1, 0.15) is 11.4 Å². The maximum Gasteiger partial charge on any atom is 1.00 e. The summed E-state index contributed by atoms with van der Waals surface area (Å²) in [6.07, 6.45) is 12.2. The van der Waals surface area contributed by atoms with Crippen LogP contribution in [0.5, 0.6) is 0 Å². The van der Waals surface area contributed by atoms with Gasteiger partial charge in [-0.25, -0.2) is 29.5 Å². The van der Waals surface area contributed by atoms with Crippen molar-refractivity contribution in [3.63, 3.8) is 0 Å². The van der Waals surface area contributed by atoms with Crippen molar-refractivity contribution in [3.05, 3.63) is 108 Å². The summed E-state index contributed by atoms with van der Waals surface area (Å²) < 4.78 is 14.6. The molecule has 1 aliphatic heterocycles. The Morgan fingerprint density at radius 2 is 1.11 bits per heavy atom. The Bertz CT molecular complexity index is 2320. The van der Waals surface area contributed by atoms with Crippen LogP contribution in [0.25, 0.3) is 44.6 Å². The van der Waals surface area contributed by atoms with E-state index in [0.717, 1.165) is 71.2 Å². The number of rotatable bonds is 8. The van der Waals surface area contributed by atoms with Crippen LogP contribution in [0.1, 0.15) is 86.4 Å². The number of anilines is 2. The summed E-state index contributed by atoms with van der Waals surface area (Å²) in [5.74, 6) is 0.905. The first-order valence-electron chi connectivity index (χ1n) is 20.8. The molecule has 0 amide bonds. The number of carbonyl (C=O) groups excluding carboxylic acids is 2. The molecule has 2 aliphatic carbocycles. The number of methoxy groups -OCH3 is 2. The molecular formula is C48H56IN6NaO5. The maximum atomic E-state index is 11.9. The van der Waals surface area contributed by atoms with E-state index in [1.165, 1.54) is 65.6 Å². The molecule has 3 heterocycles. The van der Waals surface area contributed by atoms with Crippen molar-refractivity contribution in [2.24, 2.45) is 0 Å². The quantitative estimate of drug-likeness (QED) is 0.0694. The fourth-order valence-electron chi connectivity index (χ4n) is 7.76. The third kappa shape index (κ3) is 12.7. The van der Waals surface area contributed by atoms with E-state index in [1.54, 1.807) is 24.3 Å². The van der Waals surface area contributed by atoms with Crippen molar-refractivity contribution in [1.82, 2.24) is 19.9 Å². The number of esters is 2. The first-order chi connectivity index (χ1) is 29.4. The number of nitrogens with one attached hydrogen (secondary N) is 1. The first kappa shape index (κ1) is 47.8. The molecule has 1 N–H and O–H groups in total. The number of aromatic nitrogens is 4. The van der Waals surface area contributed by atoms with Crippen LogP contribution in [-0.4, -0.2) is 83.4 Å². The van der Waals surface area contributed by atoms with Gasteiger partial charge in [-0.3, -0.25) is 0 Å². The predicted molar refractivity (Wildman–Crippen MR) is 250 cm³/mol. The predicted octanol–water partition coefficient (Wildman–Crippen LogP) is 7.86. The van der Waals surface area contributed by atoms with Gasteiger partial charge in [-0.2, -0.15) is 0 Å².